The van der Waals surface area contributed by atoms with Crippen LogP contribution in [0.4, 0.5) is 0 Å². The molecule has 14 heteroatoms. The van der Waals surface area contributed by atoms with E-state index in [-0.39, 0.29) is 74.2 Å². The van der Waals surface area contributed by atoms with Gasteiger partial charge in [0.15, 0.2) is 0 Å². The predicted molar refractivity (Wildman–Crippen MR) is 227 cm³/mol. The fourth-order valence-corrected chi connectivity index (χ4v) is 7.55. The molecule has 5 unspecified atom stereocenters. The standard InChI is InChI=1S/C24H47N2O6P.C18H36N2O3/c1-6-9-10-11-12-13-14-15-23(25-21(4)27)16-17-24(26-22(5)28)20-32-33(29,30-18-7-2)31-19-8-3;1-4-5-6-7-8-9-10-11-17(19-15(2)22)12-13-18(14-21)20-16(3)23/h7,23-24H,2,6,8-20H2,1,3-5H3,(H,25,27)(H,26,28);17-18,21H,4-14H2,1-3H3,(H,19,22)(H,20,23). The lowest BCUT2D eigenvalue weighted by Gasteiger charge is -2.24. The summed E-state index contributed by atoms with van der Waals surface area (Å²) in [6.07, 6.45) is 24.0. The number of amides is 4. The Morgan fingerprint density at radius 1 is 0.536 bits per heavy atom. The van der Waals surface area contributed by atoms with Crippen LogP contribution in [0.15, 0.2) is 12.7 Å². The summed E-state index contributed by atoms with van der Waals surface area (Å²) >= 11 is 0. The molecule has 4 amide bonds. The molecule has 0 aliphatic heterocycles. The lowest BCUT2D eigenvalue weighted by atomic mass is 9.99. The smallest absolute Gasteiger partial charge is 0.394 e. The summed E-state index contributed by atoms with van der Waals surface area (Å²) in [7, 11) is -3.75. The number of phosphoric ester groups is 1. The van der Waals surface area contributed by atoms with Gasteiger partial charge in [0.05, 0.1) is 38.5 Å². The number of aliphatic hydroxyl groups excluding tert-OH is 1. The van der Waals surface area contributed by atoms with E-state index in [1.165, 1.54) is 104 Å². The zero-order chi connectivity index (χ0) is 42.5. The van der Waals surface area contributed by atoms with Gasteiger partial charge in [0.2, 0.25) is 23.6 Å². The van der Waals surface area contributed by atoms with Crippen molar-refractivity contribution in [1.29, 1.82) is 0 Å². The number of hydrogen-bond acceptors (Lipinski definition) is 9. The van der Waals surface area contributed by atoms with E-state index in [4.69, 9.17) is 13.6 Å². The van der Waals surface area contributed by atoms with Crippen molar-refractivity contribution in [2.75, 3.05) is 26.4 Å². The molecule has 5 N–H and O–H groups in total. The van der Waals surface area contributed by atoms with Crippen LogP contribution in [0.5, 0.6) is 0 Å². The van der Waals surface area contributed by atoms with Gasteiger partial charge in [-0.15, -0.1) is 6.58 Å². The largest absolute Gasteiger partial charge is 0.475 e. The van der Waals surface area contributed by atoms with Crippen molar-refractivity contribution in [3.8, 4) is 0 Å². The van der Waals surface area contributed by atoms with Gasteiger partial charge < -0.3 is 26.4 Å². The van der Waals surface area contributed by atoms with Crippen molar-refractivity contribution >= 4 is 31.5 Å². The Bertz CT molecular complexity index is 1070. The second-order valence-electron chi connectivity index (χ2n) is 14.9. The molecule has 0 saturated heterocycles. The Morgan fingerprint density at radius 2 is 0.911 bits per heavy atom. The van der Waals surface area contributed by atoms with E-state index in [1.54, 1.807) is 0 Å². The van der Waals surface area contributed by atoms with Crippen LogP contribution in [-0.4, -0.2) is 79.3 Å². The van der Waals surface area contributed by atoms with E-state index >= 15 is 0 Å². The highest BCUT2D eigenvalue weighted by Crippen LogP contribution is 2.49. The topological polar surface area (TPSA) is 181 Å². The van der Waals surface area contributed by atoms with Crippen LogP contribution < -0.4 is 21.3 Å². The third-order valence-electron chi connectivity index (χ3n) is 9.13. The van der Waals surface area contributed by atoms with Crippen molar-refractivity contribution in [3.63, 3.8) is 0 Å². The second-order valence-corrected chi connectivity index (χ2v) is 16.6. The molecule has 13 nitrogen and oxygen atoms in total. The number of unbranched alkanes of at least 4 members (excludes halogenated alkanes) is 12. The van der Waals surface area contributed by atoms with Crippen molar-refractivity contribution in [2.45, 2.75) is 207 Å². The molecule has 0 saturated carbocycles. The molecule has 0 aliphatic carbocycles. The average Bonchev–Trinajstić information content (AvgIpc) is 3.14. The van der Waals surface area contributed by atoms with E-state index < -0.39 is 7.82 Å². The number of nitrogens with one attached hydrogen (secondary N) is 4. The highest BCUT2D eigenvalue weighted by molar-refractivity contribution is 7.48. The Hall–Kier alpha value is -2.31. The number of carbonyl (C=O) groups excluding carboxylic acids is 4. The first-order valence-electron chi connectivity index (χ1n) is 21.6. The van der Waals surface area contributed by atoms with Crippen molar-refractivity contribution < 1.29 is 42.4 Å². The number of carbonyl (C=O) groups is 4. The molecule has 0 bridgehead atoms. The molecule has 0 rings (SSSR count). The van der Waals surface area contributed by atoms with E-state index in [0.29, 0.717) is 25.7 Å². The first kappa shape index (κ1) is 55.8. The van der Waals surface area contributed by atoms with Crippen LogP contribution in [-0.2, 0) is 37.3 Å². The highest BCUT2D eigenvalue weighted by Gasteiger charge is 2.28. The summed E-state index contributed by atoms with van der Waals surface area (Å²) in [6.45, 7) is 16.0. The first-order chi connectivity index (χ1) is 26.7. The molecule has 0 fully saturated rings. The Kier molecular flexibility index (Phi) is 38.1. The van der Waals surface area contributed by atoms with Crippen molar-refractivity contribution in [1.82, 2.24) is 21.3 Å². The Morgan fingerprint density at radius 3 is 1.30 bits per heavy atom. The number of phosphoric acid groups is 1. The fraction of sp³-hybridized carbons (Fsp3) is 0.857. The molecular formula is C42H83N4O9P. The molecule has 0 spiro atoms. The minimum absolute atomic E-state index is 0.0120. The maximum atomic E-state index is 12.8. The normalized spacial score (nSPS) is 14.2. The van der Waals surface area contributed by atoms with Crippen LogP contribution in [0.2, 0.25) is 0 Å². The Labute approximate surface area is 341 Å². The lowest BCUT2D eigenvalue weighted by Crippen LogP contribution is -2.39. The van der Waals surface area contributed by atoms with Gasteiger partial charge in [0.1, 0.15) is 0 Å². The van der Waals surface area contributed by atoms with Crippen molar-refractivity contribution in [3.05, 3.63) is 12.7 Å². The zero-order valence-corrected chi connectivity index (χ0v) is 37.3. The molecule has 0 aromatic heterocycles. The van der Waals surface area contributed by atoms with Gasteiger partial charge in [-0.1, -0.05) is 117 Å². The summed E-state index contributed by atoms with van der Waals surface area (Å²) in [5, 5.41) is 20.9. The molecule has 0 aromatic carbocycles. The molecule has 0 aromatic rings. The molecule has 5 atom stereocenters. The minimum atomic E-state index is -3.75. The monoisotopic (exact) mass is 819 g/mol. The summed E-state index contributed by atoms with van der Waals surface area (Å²) in [5.41, 5.74) is 0. The quantitative estimate of drug-likeness (QED) is 0.0235. The molecular weight excluding hydrogens is 735 g/mol. The lowest BCUT2D eigenvalue weighted by molar-refractivity contribution is -0.121. The summed E-state index contributed by atoms with van der Waals surface area (Å²) in [6, 6.07) is -0.447. The van der Waals surface area contributed by atoms with Gasteiger partial charge in [0.25, 0.3) is 0 Å². The van der Waals surface area contributed by atoms with Crippen LogP contribution >= 0.6 is 7.82 Å². The molecule has 0 aliphatic rings. The van der Waals surface area contributed by atoms with Gasteiger partial charge in [-0.25, -0.2) is 4.57 Å². The number of aliphatic hydroxyl groups is 1. The summed E-state index contributed by atoms with van der Waals surface area (Å²) in [4.78, 5) is 45.7. The minimum Gasteiger partial charge on any atom is -0.394 e. The Balaban J connectivity index is 0. The molecule has 0 radical (unpaired) electrons. The van der Waals surface area contributed by atoms with Gasteiger partial charge in [0, 0.05) is 39.8 Å². The second kappa shape index (κ2) is 38.2. The fourth-order valence-electron chi connectivity index (χ4n) is 6.27. The van der Waals surface area contributed by atoms with Crippen LogP contribution in [0, 0.1) is 0 Å². The predicted octanol–water partition coefficient (Wildman–Crippen LogP) is 8.58. The number of hydrogen-bond donors (Lipinski definition) is 5. The molecule has 0 heterocycles. The molecule has 330 valence electrons. The average molecular weight is 819 g/mol. The van der Waals surface area contributed by atoms with Crippen LogP contribution in [0.3, 0.4) is 0 Å². The van der Waals surface area contributed by atoms with E-state index in [0.717, 1.165) is 38.5 Å². The maximum Gasteiger partial charge on any atom is 0.475 e. The van der Waals surface area contributed by atoms with Crippen LogP contribution in [0.1, 0.15) is 183 Å². The van der Waals surface area contributed by atoms with E-state index in [9.17, 15) is 28.8 Å². The summed E-state index contributed by atoms with van der Waals surface area (Å²) < 4.78 is 28.9. The van der Waals surface area contributed by atoms with Gasteiger partial charge in [-0.05, 0) is 44.9 Å². The third kappa shape index (κ3) is 37.3. The first-order valence-corrected chi connectivity index (χ1v) is 23.0. The summed E-state index contributed by atoms with van der Waals surface area (Å²) in [5.74, 6) is -0.418. The van der Waals surface area contributed by atoms with E-state index in [2.05, 4.69) is 41.7 Å². The highest BCUT2D eigenvalue weighted by atomic mass is 31.2. The van der Waals surface area contributed by atoms with E-state index in [1.807, 2.05) is 6.92 Å². The zero-order valence-electron chi connectivity index (χ0n) is 36.4. The maximum absolute atomic E-state index is 12.8. The van der Waals surface area contributed by atoms with Crippen LogP contribution in [0.25, 0.3) is 0 Å². The third-order valence-corrected chi connectivity index (χ3v) is 10.6. The SMILES string of the molecule is C=CCOP(=O)(OCCC)OCC(CCC(CCCCCCCCC)NC(C)=O)NC(C)=O.CCCCCCCCCC(CCC(CO)NC(C)=O)NC(C)=O. The van der Waals surface area contributed by atoms with Gasteiger partial charge in [-0.2, -0.15) is 0 Å². The number of rotatable bonds is 36. The van der Waals surface area contributed by atoms with Crippen molar-refractivity contribution in [2.24, 2.45) is 0 Å². The van der Waals surface area contributed by atoms with Gasteiger partial charge in [-0.3, -0.25) is 32.7 Å². The van der Waals surface area contributed by atoms with Gasteiger partial charge >= 0.3 is 7.82 Å². The molecule has 56 heavy (non-hydrogen) atoms.